The van der Waals surface area contributed by atoms with Crippen molar-refractivity contribution < 1.29 is 19.8 Å². The van der Waals surface area contributed by atoms with Crippen molar-refractivity contribution in [1.82, 2.24) is 0 Å². The van der Waals surface area contributed by atoms with Crippen LogP contribution in [0.3, 0.4) is 0 Å². The fourth-order valence-corrected chi connectivity index (χ4v) is 4.03. The Labute approximate surface area is 120 Å². The highest BCUT2D eigenvalue weighted by Crippen LogP contribution is 2.39. The van der Waals surface area contributed by atoms with Gasteiger partial charge in [-0.05, 0) is 5.56 Å². The number of thioether (sulfide) groups is 2. The molecule has 0 amide bonds. The number of carboxylic acids is 2. The maximum absolute atomic E-state index is 10.5. The molecule has 1 aromatic rings. The molecule has 2 N–H and O–H groups in total. The molecule has 4 nitrogen and oxygen atoms in total. The van der Waals surface area contributed by atoms with Crippen molar-refractivity contribution in [2.45, 2.75) is 17.4 Å². The Kier molecular flexibility index (Phi) is 7.43. The first-order valence-corrected chi connectivity index (χ1v) is 7.91. The van der Waals surface area contributed by atoms with Crippen LogP contribution in [-0.2, 0) is 9.59 Å². The van der Waals surface area contributed by atoms with E-state index in [-0.39, 0.29) is 17.4 Å². The van der Waals surface area contributed by atoms with Crippen molar-refractivity contribution in [1.29, 1.82) is 0 Å². The molecule has 0 saturated heterocycles. The van der Waals surface area contributed by atoms with E-state index in [0.29, 0.717) is 11.5 Å². The standard InChI is InChI=1S/C13H16O4S2/c14-11(15)6-8-18-13(19-9-7-12(16)17)10-4-2-1-3-5-10/h1-5,13H,6-9H2,(H,14,15)(H,16,17). The highest BCUT2D eigenvalue weighted by atomic mass is 32.2. The molecule has 0 aliphatic heterocycles. The quantitative estimate of drug-likeness (QED) is 0.683. The Balaban J connectivity index is 2.52. The molecule has 0 heterocycles. The minimum Gasteiger partial charge on any atom is -0.481 e. The first-order valence-electron chi connectivity index (χ1n) is 5.81. The smallest absolute Gasteiger partial charge is 0.304 e. The number of carbonyl (C=O) groups is 2. The second-order valence-corrected chi connectivity index (χ2v) is 6.50. The summed E-state index contributed by atoms with van der Waals surface area (Å²) in [5, 5.41) is 17.3. The summed E-state index contributed by atoms with van der Waals surface area (Å²) in [5.74, 6) is -0.575. The minimum absolute atomic E-state index is 0.0832. The van der Waals surface area contributed by atoms with E-state index in [4.69, 9.17) is 10.2 Å². The summed E-state index contributed by atoms with van der Waals surface area (Å²) in [6.07, 6.45) is 0.237. The molecule has 0 unspecified atom stereocenters. The topological polar surface area (TPSA) is 74.6 Å². The largest absolute Gasteiger partial charge is 0.481 e. The number of aliphatic carboxylic acids is 2. The molecule has 0 aliphatic rings. The highest BCUT2D eigenvalue weighted by molar-refractivity contribution is 8.16. The fraction of sp³-hybridized carbons (Fsp3) is 0.385. The number of benzene rings is 1. The molecule has 0 aliphatic carbocycles. The second-order valence-electron chi connectivity index (χ2n) is 3.77. The van der Waals surface area contributed by atoms with Gasteiger partial charge in [-0.1, -0.05) is 30.3 Å². The van der Waals surface area contributed by atoms with Crippen LogP contribution in [0.25, 0.3) is 0 Å². The summed E-state index contributed by atoms with van der Waals surface area (Å²) in [5.41, 5.74) is 1.09. The van der Waals surface area contributed by atoms with Gasteiger partial charge < -0.3 is 10.2 Å². The van der Waals surface area contributed by atoms with Gasteiger partial charge in [0, 0.05) is 11.5 Å². The summed E-state index contributed by atoms with van der Waals surface area (Å²) in [4.78, 5) is 21.0. The zero-order valence-electron chi connectivity index (χ0n) is 10.3. The third kappa shape index (κ3) is 7.12. The molecule has 0 aromatic heterocycles. The second kappa shape index (κ2) is 8.87. The molecule has 0 atom stereocenters. The lowest BCUT2D eigenvalue weighted by Crippen LogP contribution is -2.01. The Hall–Kier alpha value is -1.14. The van der Waals surface area contributed by atoms with E-state index >= 15 is 0 Å². The van der Waals surface area contributed by atoms with Crippen LogP contribution in [0, 0.1) is 0 Å². The van der Waals surface area contributed by atoms with Crippen LogP contribution in [0.15, 0.2) is 30.3 Å². The molecule has 0 spiro atoms. The lowest BCUT2D eigenvalue weighted by Gasteiger charge is -2.15. The monoisotopic (exact) mass is 300 g/mol. The van der Waals surface area contributed by atoms with Crippen molar-refractivity contribution >= 4 is 35.5 Å². The van der Waals surface area contributed by atoms with Gasteiger partial charge in [0.05, 0.1) is 17.4 Å². The van der Waals surface area contributed by atoms with E-state index in [1.165, 1.54) is 0 Å². The van der Waals surface area contributed by atoms with Crippen molar-refractivity contribution in [3.63, 3.8) is 0 Å². The highest BCUT2D eigenvalue weighted by Gasteiger charge is 2.13. The summed E-state index contributed by atoms with van der Waals surface area (Å²) in [7, 11) is 0. The summed E-state index contributed by atoms with van der Waals surface area (Å²) in [6.45, 7) is 0. The van der Waals surface area contributed by atoms with E-state index in [0.717, 1.165) is 5.56 Å². The minimum atomic E-state index is -0.810. The predicted molar refractivity (Wildman–Crippen MR) is 78.6 cm³/mol. The third-order valence-electron chi connectivity index (χ3n) is 2.24. The van der Waals surface area contributed by atoms with Gasteiger partial charge in [0.25, 0.3) is 0 Å². The Morgan fingerprint density at radius 1 is 0.947 bits per heavy atom. The molecule has 19 heavy (non-hydrogen) atoms. The average molecular weight is 300 g/mol. The molecule has 6 heteroatoms. The lowest BCUT2D eigenvalue weighted by molar-refractivity contribution is -0.137. The van der Waals surface area contributed by atoms with E-state index in [1.807, 2.05) is 30.3 Å². The van der Waals surface area contributed by atoms with Gasteiger partial charge in [0.15, 0.2) is 0 Å². The number of carboxylic acid groups (broad SMARTS) is 2. The molecule has 0 saturated carbocycles. The van der Waals surface area contributed by atoms with Gasteiger partial charge >= 0.3 is 11.9 Å². The molecule has 104 valence electrons. The normalized spacial score (nSPS) is 10.6. The van der Waals surface area contributed by atoms with Gasteiger partial charge in [-0.3, -0.25) is 9.59 Å². The molecule has 0 bridgehead atoms. The van der Waals surface area contributed by atoms with E-state index in [9.17, 15) is 9.59 Å². The summed E-state index contributed by atoms with van der Waals surface area (Å²) in [6, 6.07) is 9.73. The fourth-order valence-electron chi connectivity index (χ4n) is 1.36. The van der Waals surface area contributed by atoms with Crippen LogP contribution in [0.1, 0.15) is 23.0 Å². The molecular formula is C13H16O4S2. The lowest BCUT2D eigenvalue weighted by atomic mass is 10.2. The summed E-state index contributed by atoms with van der Waals surface area (Å²) >= 11 is 3.09. The van der Waals surface area contributed by atoms with E-state index < -0.39 is 11.9 Å². The van der Waals surface area contributed by atoms with Gasteiger partial charge in [-0.25, -0.2) is 0 Å². The third-order valence-corrected chi connectivity index (χ3v) is 5.09. The Morgan fingerprint density at radius 3 is 1.84 bits per heavy atom. The van der Waals surface area contributed by atoms with Crippen molar-refractivity contribution in [3.8, 4) is 0 Å². The SMILES string of the molecule is O=C(O)CCSC(SCCC(=O)O)c1ccccc1. The van der Waals surface area contributed by atoms with Gasteiger partial charge in [-0.15, -0.1) is 23.5 Å². The van der Waals surface area contributed by atoms with Gasteiger partial charge in [0.1, 0.15) is 0 Å². The van der Waals surface area contributed by atoms with Crippen LogP contribution < -0.4 is 0 Å². The van der Waals surface area contributed by atoms with Crippen LogP contribution in [0.2, 0.25) is 0 Å². The van der Waals surface area contributed by atoms with Gasteiger partial charge in [0.2, 0.25) is 0 Å². The Morgan fingerprint density at radius 2 is 1.42 bits per heavy atom. The molecule has 1 rings (SSSR count). The summed E-state index contributed by atoms with van der Waals surface area (Å²) < 4.78 is 0.0832. The predicted octanol–water partition coefficient (Wildman–Crippen LogP) is 3.10. The maximum Gasteiger partial charge on any atom is 0.304 e. The molecule has 0 radical (unpaired) electrons. The van der Waals surface area contributed by atoms with Crippen LogP contribution in [-0.4, -0.2) is 33.7 Å². The van der Waals surface area contributed by atoms with Crippen molar-refractivity contribution in [2.24, 2.45) is 0 Å². The maximum atomic E-state index is 10.5. The van der Waals surface area contributed by atoms with E-state index in [1.54, 1.807) is 23.5 Å². The Bertz CT molecular complexity index is 388. The van der Waals surface area contributed by atoms with Crippen molar-refractivity contribution in [3.05, 3.63) is 35.9 Å². The zero-order chi connectivity index (χ0) is 14.1. The molecule has 1 aromatic carbocycles. The number of rotatable bonds is 9. The van der Waals surface area contributed by atoms with Gasteiger partial charge in [-0.2, -0.15) is 0 Å². The number of hydrogen-bond acceptors (Lipinski definition) is 4. The van der Waals surface area contributed by atoms with E-state index in [2.05, 4.69) is 0 Å². The van der Waals surface area contributed by atoms with Crippen LogP contribution in [0.5, 0.6) is 0 Å². The van der Waals surface area contributed by atoms with Crippen LogP contribution in [0.4, 0.5) is 0 Å². The zero-order valence-corrected chi connectivity index (χ0v) is 12.0. The first kappa shape index (κ1) is 15.9. The number of hydrogen-bond donors (Lipinski definition) is 2. The van der Waals surface area contributed by atoms with Crippen LogP contribution >= 0.6 is 23.5 Å². The average Bonchev–Trinajstić information content (AvgIpc) is 2.37. The van der Waals surface area contributed by atoms with Crippen molar-refractivity contribution in [2.75, 3.05) is 11.5 Å². The first-order chi connectivity index (χ1) is 9.09. The molecular weight excluding hydrogens is 284 g/mol. The molecule has 0 fully saturated rings.